The van der Waals surface area contributed by atoms with Crippen LogP contribution in [0.5, 0.6) is 0 Å². The van der Waals surface area contributed by atoms with Gasteiger partial charge in [-0.05, 0) is 31.4 Å². The Balaban J connectivity index is 1.21. The second-order valence-corrected chi connectivity index (χ2v) is 8.38. The summed E-state index contributed by atoms with van der Waals surface area (Å²) in [5.41, 5.74) is 1.81. The first kappa shape index (κ1) is 19.4. The summed E-state index contributed by atoms with van der Waals surface area (Å²) in [4.78, 5) is 34.1. The Hall–Kier alpha value is -1.92. The maximum absolute atomic E-state index is 12.7. The lowest BCUT2D eigenvalue weighted by molar-refractivity contribution is -0.135. The second kappa shape index (κ2) is 8.62. The zero-order valence-corrected chi connectivity index (χ0v) is 17.0. The summed E-state index contributed by atoms with van der Waals surface area (Å²) in [6.45, 7) is 9.15. The molecule has 0 aromatic heterocycles. The van der Waals surface area contributed by atoms with Crippen molar-refractivity contribution in [3.63, 3.8) is 0 Å². The van der Waals surface area contributed by atoms with E-state index in [-0.39, 0.29) is 11.8 Å². The van der Waals surface area contributed by atoms with E-state index < -0.39 is 0 Å². The van der Waals surface area contributed by atoms with Gasteiger partial charge in [0, 0.05) is 64.0 Å². The molecule has 0 unspecified atom stereocenters. The van der Waals surface area contributed by atoms with Crippen molar-refractivity contribution in [2.75, 3.05) is 58.9 Å². The fraction of sp³-hybridized carbons (Fsp3) is 0.636. The SMILES string of the molecule is Cc1ccccc1C(=O)N1CCN(CC(=O)N2CCN(C3CCC3)CC2)CC1. The van der Waals surface area contributed by atoms with Gasteiger partial charge in [0.1, 0.15) is 0 Å². The summed E-state index contributed by atoms with van der Waals surface area (Å²) in [7, 11) is 0. The molecule has 6 nitrogen and oxygen atoms in total. The number of piperazine rings is 2. The van der Waals surface area contributed by atoms with Gasteiger partial charge in [0.2, 0.25) is 5.91 Å². The maximum atomic E-state index is 12.7. The molecule has 4 rings (SSSR count). The van der Waals surface area contributed by atoms with Crippen molar-refractivity contribution in [3.8, 4) is 0 Å². The first-order valence-electron chi connectivity index (χ1n) is 10.7. The third kappa shape index (κ3) is 4.23. The molecule has 1 aromatic carbocycles. The van der Waals surface area contributed by atoms with Crippen LogP contribution >= 0.6 is 0 Å². The first-order valence-corrected chi connectivity index (χ1v) is 10.7. The molecule has 0 radical (unpaired) electrons. The van der Waals surface area contributed by atoms with Gasteiger partial charge in [-0.25, -0.2) is 0 Å². The number of amides is 2. The average Bonchev–Trinajstić information content (AvgIpc) is 2.68. The summed E-state index contributed by atoms with van der Waals surface area (Å²) >= 11 is 0. The number of aryl methyl sites for hydroxylation is 1. The van der Waals surface area contributed by atoms with Gasteiger partial charge < -0.3 is 9.80 Å². The molecule has 1 aliphatic carbocycles. The minimum Gasteiger partial charge on any atom is -0.339 e. The number of nitrogens with zero attached hydrogens (tertiary/aromatic N) is 4. The van der Waals surface area contributed by atoms with Gasteiger partial charge >= 0.3 is 0 Å². The monoisotopic (exact) mass is 384 g/mol. The number of hydrogen-bond donors (Lipinski definition) is 0. The highest BCUT2D eigenvalue weighted by Gasteiger charge is 2.30. The minimum absolute atomic E-state index is 0.108. The van der Waals surface area contributed by atoms with Gasteiger partial charge in [-0.15, -0.1) is 0 Å². The lowest BCUT2D eigenvalue weighted by Gasteiger charge is -2.43. The van der Waals surface area contributed by atoms with Gasteiger partial charge in [-0.3, -0.25) is 19.4 Å². The van der Waals surface area contributed by atoms with Crippen molar-refractivity contribution >= 4 is 11.8 Å². The third-order valence-electron chi connectivity index (χ3n) is 6.65. The van der Waals surface area contributed by atoms with Crippen molar-refractivity contribution < 1.29 is 9.59 Å². The van der Waals surface area contributed by atoms with E-state index in [1.54, 1.807) is 0 Å². The second-order valence-electron chi connectivity index (χ2n) is 8.38. The Morgan fingerprint density at radius 1 is 0.893 bits per heavy atom. The molecule has 2 heterocycles. The fourth-order valence-electron chi connectivity index (χ4n) is 4.47. The topological polar surface area (TPSA) is 47.1 Å². The number of benzene rings is 1. The number of carbonyl (C=O) groups excluding carboxylic acids is 2. The molecule has 6 heteroatoms. The zero-order valence-electron chi connectivity index (χ0n) is 17.0. The highest BCUT2D eigenvalue weighted by Crippen LogP contribution is 2.25. The smallest absolute Gasteiger partial charge is 0.254 e. The molecule has 2 saturated heterocycles. The van der Waals surface area contributed by atoms with E-state index in [9.17, 15) is 9.59 Å². The predicted molar refractivity (Wildman–Crippen MR) is 109 cm³/mol. The van der Waals surface area contributed by atoms with Crippen LogP contribution in [0.4, 0.5) is 0 Å². The van der Waals surface area contributed by atoms with Gasteiger partial charge in [-0.1, -0.05) is 24.6 Å². The van der Waals surface area contributed by atoms with Crippen LogP contribution in [-0.2, 0) is 4.79 Å². The maximum Gasteiger partial charge on any atom is 0.254 e. The van der Waals surface area contributed by atoms with Crippen LogP contribution in [0.3, 0.4) is 0 Å². The molecule has 2 aliphatic heterocycles. The Morgan fingerprint density at radius 2 is 1.54 bits per heavy atom. The quantitative estimate of drug-likeness (QED) is 0.788. The number of rotatable bonds is 4. The average molecular weight is 385 g/mol. The zero-order chi connectivity index (χ0) is 19.5. The molecule has 152 valence electrons. The standard InChI is InChI=1S/C22H32N4O2/c1-18-5-2-3-8-20(18)22(28)26-11-9-23(10-12-26)17-21(27)25-15-13-24(14-16-25)19-6-4-7-19/h2-3,5,8,19H,4,6-7,9-17H2,1H3. The van der Waals surface area contributed by atoms with E-state index in [0.29, 0.717) is 19.6 Å². The summed E-state index contributed by atoms with van der Waals surface area (Å²) in [6.07, 6.45) is 4.03. The molecular weight excluding hydrogens is 352 g/mol. The molecule has 0 bridgehead atoms. The van der Waals surface area contributed by atoms with Crippen molar-refractivity contribution in [2.24, 2.45) is 0 Å². The lowest BCUT2D eigenvalue weighted by atomic mass is 9.91. The van der Waals surface area contributed by atoms with Gasteiger partial charge in [0.05, 0.1) is 6.54 Å². The van der Waals surface area contributed by atoms with Gasteiger partial charge in [0.15, 0.2) is 0 Å². The molecule has 3 aliphatic rings. The number of hydrogen-bond acceptors (Lipinski definition) is 4. The van der Waals surface area contributed by atoms with E-state index in [4.69, 9.17) is 0 Å². The first-order chi connectivity index (χ1) is 13.6. The van der Waals surface area contributed by atoms with Crippen LogP contribution in [0.1, 0.15) is 35.2 Å². The summed E-state index contributed by atoms with van der Waals surface area (Å²) < 4.78 is 0. The van der Waals surface area contributed by atoms with E-state index in [1.807, 2.05) is 41.0 Å². The molecular formula is C22H32N4O2. The highest BCUT2D eigenvalue weighted by molar-refractivity contribution is 5.95. The van der Waals surface area contributed by atoms with Crippen molar-refractivity contribution in [3.05, 3.63) is 35.4 Å². The third-order valence-corrected chi connectivity index (χ3v) is 6.65. The van der Waals surface area contributed by atoms with Crippen LogP contribution in [0.2, 0.25) is 0 Å². The van der Waals surface area contributed by atoms with E-state index in [2.05, 4.69) is 9.80 Å². The summed E-state index contributed by atoms with van der Waals surface area (Å²) in [6, 6.07) is 8.53. The highest BCUT2D eigenvalue weighted by atomic mass is 16.2. The normalized spacial score (nSPS) is 22.2. The molecule has 28 heavy (non-hydrogen) atoms. The fourth-order valence-corrected chi connectivity index (χ4v) is 4.47. The van der Waals surface area contributed by atoms with Crippen LogP contribution in [0.15, 0.2) is 24.3 Å². The van der Waals surface area contributed by atoms with Gasteiger partial charge in [0.25, 0.3) is 5.91 Å². The van der Waals surface area contributed by atoms with E-state index in [0.717, 1.165) is 56.4 Å². The molecule has 1 aromatic rings. The minimum atomic E-state index is 0.108. The molecule has 3 fully saturated rings. The molecule has 2 amide bonds. The molecule has 1 saturated carbocycles. The van der Waals surface area contributed by atoms with Crippen LogP contribution in [0.25, 0.3) is 0 Å². The Morgan fingerprint density at radius 3 is 2.14 bits per heavy atom. The summed E-state index contributed by atoms with van der Waals surface area (Å²) in [5.74, 6) is 0.350. The van der Waals surface area contributed by atoms with Crippen LogP contribution in [-0.4, -0.2) is 96.4 Å². The van der Waals surface area contributed by atoms with Gasteiger partial charge in [-0.2, -0.15) is 0 Å². The van der Waals surface area contributed by atoms with E-state index >= 15 is 0 Å². The molecule has 0 spiro atoms. The molecule has 0 atom stereocenters. The Bertz CT molecular complexity index is 702. The van der Waals surface area contributed by atoms with Crippen LogP contribution in [0, 0.1) is 6.92 Å². The lowest BCUT2D eigenvalue weighted by Crippen LogP contribution is -2.56. The molecule has 0 N–H and O–H groups in total. The summed E-state index contributed by atoms with van der Waals surface area (Å²) in [5, 5.41) is 0. The predicted octanol–water partition coefficient (Wildman–Crippen LogP) is 1.45. The largest absolute Gasteiger partial charge is 0.339 e. The van der Waals surface area contributed by atoms with Crippen molar-refractivity contribution in [2.45, 2.75) is 32.2 Å². The Kier molecular flexibility index (Phi) is 5.97. The van der Waals surface area contributed by atoms with E-state index in [1.165, 1.54) is 19.3 Å². The van der Waals surface area contributed by atoms with Crippen molar-refractivity contribution in [1.82, 2.24) is 19.6 Å². The van der Waals surface area contributed by atoms with Crippen molar-refractivity contribution in [1.29, 1.82) is 0 Å². The number of carbonyl (C=O) groups is 2. The Labute approximate surface area is 168 Å². The van der Waals surface area contributed by atoms with Crippen LogP contribution < -0.4 is 0 Å².